The Labute approximate surface area is 166 Å². The van der Waals surface area contributed by atoms with Gasteiger partial charge in [0.2, 0.25) is 5.91 Å². The average Bonchev–Trinajstić information content (AvgIpc) is 3.16. The molecule has 28 heavy (non-hydrogen) atoms. The second-order valence-corrected chi connectivity index (χ2v) is 9.77. The van der Waals surface area contributed by atoms with Crippen molar-refractivity contribution in [3.63, 3.8) is 0 Å². The van der Waals surface area contributed by atoms with E-state index in [4.69, 9.17) is 0 Å². The summed E-state index contributed by atoms with van der Waals surface area (Å²) >= 11 is 0. The third kappa shape index (κ3) is 3.37. The maximum Gasteiger partial charge on any atom is 0.246 e. The topological polar surface area (TPSA) is 80.3 Å². The normalized spacial score (nSPS) is 16.0. The lowest BCUT2D eigenvalue weighted by atomic mass is 10.0. The summed E-state index contributed by atoms with van der Waals surface area (Å²) in [5.74, 6) is -0.745. The number of hydrogen-bond acceptors (Lipinski definition) is 4. The number of benzene rings is 2. The molecule has 0 aliphatic heterocycles. The molecule has 0 radical (unpaired) electrons. The first-order chi connectivity index (χ1) is 13.2. The van der Waals surface area contributed by atoms with Gasteiger partial charge in [-0.05, 0) is 69.0 Å². The second kappa shape index (κ2) is 7.51. The van der Waals surface area contributed by atoms with Crippen LogP contribution in [0.2, 0.25) is 0 Å². The lowest BCUT2D eigenvalue weighted by Gasteiger charge is -2.28. The highest BCUT2D eigenvalue weighted by Crippen LogP contribution is 2.42. The van der Waals surface area contributed by atoms with E-state index in [1.165, 1.54) is 6.92 Å². The quantitative estimate of drug-likeness (QED) is 0.763. The van der Waals surface area contributed by atoms with E-state index in [0.29, 0.717) is 24.1 Å². The lowest BCUT2D eigenvalue weighted by molar-refractivity contribution is -0.118. The first kappa shape index (κ1) is 20.3. The van der Waals surface area contributed by atoms with Crippen molar-refractivity contribution in [2.24, 2.45) is 0 Å². The van der Waals surface area contributed by atoms with E-state index in [1.54, 1.807) is 42.5 Å². The molecule has 0 saturated heterocycles. The van der Waals surface area contributed by atoms with Gasteiger partial charge >= 0.3 is 0 Å². The summed E-state index contributed by atoms with van der Waals surface area (Å²) in [7, 11) is -3.89. The van der Waals surface area contributed by atoms with Crippen LogP contribution >= 0.6 is 0 Å². The highest BCUT2D eigenvalue weighted by Gasteiger charge is 2.53. The van der Waals surface area contributed by atoms with E-state index < -0.39 is 20.5 Å². The third-order valence-corrected chi connectivity index (χ3v) is 8.18. The first-order valence-electron chi connectivity index (χ1n) is 9.42. The van der Waals surface area contributed by atoms with Crippen molar-refractivity contribution in [2.75, 3.05) is 5.32 Å². The van der Waals surface area contributed by atoms with Gasteiger partial charge in [0.05, 0.1) is 10.6 Å². The van der Waals surface area contributed by atoms with Gasteiger partial charge in [-0.3, -0.25) is 9.59 Å². The Kier molecular flexibility index (Phi) is 5.44. The zero-order valence-corrected chi connectivity index (χ0v) is 17.2. The van der Waals surface area contributed by atoms with Crippen molar-refractivity contribution in [1.29, 1.82) is 0 Å². The Morgan fingerprint density at radius 3 is 2.21 bits per heavy atom. The largest absolute Gasteiger partial charge is 0.324 e. The molecule has 0 bridgehead atoms. The molecule has 1 aliphatic carbocycles. The van der Waals surface area contributed by atoms with Crippen molar-refractivity contribution in [3.05, 3.63) is 59.2 Å². The highest BCUT2D eigenvalue weighted by atomic mass is 32.2. The zero-order chi connectivity index (χ0) is 20.5. The van der Waals surface area contributed by atoms with Crippen molar-refractivity contribution < 1.29 is 18.0 Å². The molecule has 1 aliphatic rings. The van der Waals surface area contributed by atoms with Gasteiger partial charge in [-0.15, -0.1) is 0 Å². The van der Waals surface area contributed by atoms with Gasteiger partial charge in [0.15, 0.2) is 20.4 Å². The van der Waals surface area contributed by atoms with Crippen LogP contribution in [0.1, 0.15) is 54.1 Å². The molecule has 0 spiro atoms. The van der Waals surface area contributed by atoms with Crippen LogP contribution < -0.4 is 5.32 Å². The first-order valence-corrected chi connectivity index (χ1v) is 10.9. The maximum atomic E-state index is 13.5. The van der Waals surface area contributed by atoms with E-state index >= 15 is 0 Å². The number of aryl methyl sites for hydroxylation is 2. The monoisotopic (exact) mass is 399 g/mol. The fourth-order valence-corrected chi connectivity index (χ4v) is 5.96. The van der Waals surface area contributed by atoms with Crippen LogP contribution in [-0.4, -0.2) is 24.9 Å². The molecule has 0 unspecified atom stereocenters. The van der Waals surface area contributed by atoms with Gasteiger partial charge in [0.1, 0.15) is 0 Å². The Morgan fingerprint density at radius 2 is 1.61 bits per heavy atom. The summed E-state index contributed by atoms with van der Waals surface area (Å²) in [4.78, 5) is 25.3. The molecular formula is C22H25NO4S. The molecule has 0 heterocycles. The van der Waals surface area contributed by atoms with Gasteiger partial charge in [0, 0.05) is 5.56 Å². The molecule has 0 atom stereocenters. The number of para-hydroxylation sites is 1. The van der Waals surface area contributed by atoms with Gasteiger partial charge < -0.3 is 5.32 Å². The van der Waals surface area contributed by atoms with Crippen LogP contribution in [0, 0.1) is 13.8 Å². The number of Topliss-reactive ketones (excluding diaryl/α,β-unsaturated/α-hetero) is 1. The minimum Gasteiger partial charge on any atom is -0.324 e. The fourth-order valence-electron chi connectivity index (χ4n) is 3.81. The smallest absolute Gasteiger partial charge is 0.246 e. The highest BCUT2D eigenvalue weighted by molar-refractivity contribution is 7.93. The number of ketones is 1. The maximum absolute atomic E-state index is 13.5. The minimum absolute atomic E-state index is 0.174. The van der Waals surface area contributed by atoms with Crippen LogP contribution in [0.3, 0.4) is 0 Å². The van der Waals surface area contributed by atoms with Crippen LogP contribution in [0.15, 0.2) is 47.4 Å². The lowest BCUT2D eigenvalue weighted by Crippen LogP contribution is -2.47. The number of carbonyl (C=O) groups excluding carboxylic acids is 2. The van der Waals surface area contributed by atoms with Crippen molar-refractivity contribution in [3.8, 4) is 0 Å². The van der Waals surface area contributed by atoms with Gasteiger partial charge in [0.25, 0.3) is 0 Å². The average molecular weight is 400 g/mol. The molecule has 2 aromatic carbocycles. The molecule has 3 rings (SSSR count). The second-order valence-electron chi connectivity index (χ2n) is 7.51. The van der Waals surface area contributed by atoms with Crippen molar-refractivity contribution in [2.45, 2.75) is 56.1 Å². The van der Waals surface area contributed by atoms with E-state index in [1.807, 2.05) is 13.8 Å². The molecule has 1 N–H and O–H groups in total. The van der Waals surface area contributed by atoms with E-state index in [-0.39, 0.29) is 23.5 Å². The summed E-state index contributed by atoms with van der Waals surface area (Å²) in [5.41, 5.74) is 2.59. The Bertz CT molecular complexity index is 1030. The predicted molar refractivity (Wildman–Crippen MR) is 109 cm³/mol. The zero-order valence-electron chi connectivity index (χ0n) is 16.4. The molecule has 2 aromatic rings. The Balaban J connectivity index is 2.04. The van der Waals surface area contributed by atoms with Crippen LogP contribution in [0.4, 0.5) is 5.69 Å². The Morgan fingerprint density at radius 1 is 0.964 bits per heavy atom. The summed E-state index contributed by atoms with van der Waals surface area (Å²) in [6.07, 6.45) is 1.89. The molecule has 0 aromatic heterocycles. The SMILES string of the molecule is CC(=O)c1ccccc1NC(=O)C1(S(=O)(=O)c2ccc(C)c(C)c2)CCCC1. The fraction of sp³-hybridized carbons (Fsp3) is 0.364. The summed E-state index contributed by atoms with van der Waals surface area (Å²) in [5, 5.41) is 2.74. The number of rotatable bonds is 5. The number of hydrogen-bond donors (Lipinski definition) is 1. The molecule has 148 valence electrons. The summed E-state index contributed by atoms with van der Waals surface area (Å²) in [6.45, 7) is 5.20. The predicted octanol–water partition coefficient (Wildman–Crippen LogP) is 4.23. The molecule has 6 heteroatoms. The van der Waals surface area contributed by atoms with Gasteiger partial charge in [-0.2, -0.15) is 0 Å². The van der Waals surface area contributed by atoms with Gasteiger partial charge in [-0.25, -0.2) is 8.42 Å². The van der Waals surface area contributed by atoms with E-state index in [9.17, 15) is 18.0 Å². The van der Waals surface area contributed by atoms with Crippen molar-refractivity contribution in [1.82, 2.24) is 0 Å². The van der Waals surface area contributed by atoms with Crippen LogP contribution in [-0.2, 0) is 14.6 Å². The Hall–Kier alpha value is -2.47. The number of carbonyl (C=O) groups is 2. The standard InChI is InChI=1S/C22H25NO4S/c1-15-10-11-18(14-16(15)2)28(26,27)22(12-6-7-13-22)21(25)23-20-9-5-4-8-19(20)17(3)24/h4-5,8-11,14H,6-7,12-13H2,1-3H3,(H,23,25). The summed E-state index contributed by atoms with van der Waals surface area (Å²) < 4.78 is 25.6. The third-order valence-electron chi connectivity index (χ3n) is 5.68. The molecular weight excluding hydrogens is 374 g/mol. The molecule has 1 saturated carbocycles. The molecule has 1 amide bonds. The number of anilines is 1. The number of nitrogens with one attached hydrogen (secondary N) is 1. The van der Waals surface area contributed by atoms with Crippen molar-refractivity contribution >= 4 is 27.2 Å². The van der Waals surface area contributed by atoms with Gasteiger partial charge in [-0.1, -0.05) is 31.0 Å². The molecule has 5 nitrogen and oxygen atoms in total. The molecule has 1 fully saturated rings. The van der Waals surface area contributed by atoms with E-state index in [0.717, 1.165) is 11.1 Å². The van der Waals surface area contributed by atoms with Crippen LogP contribution in [0.5, 0.6) is 0 Å². The van der Waals surface area contributed by atoms with Crippen LogP contribution in [0.25, 0.3) is 0 Å². The summed E-state index contributed by atoms with van der Waals surface area (Å²) in [6, 6.07) is 11.7. The number of sulfone groups is 1. The number of amides is 1. The van der Waals surface area contributed by atoms with E-state index in [2.05, 4.69) is 5.32 Å². The minimum atomic E-state index is -3.89.